The van der Waals surface area contributed by atoms with Crippen LogP contribution in [0.15, 0.2) is 30.3 Å². The maximum Gasteiger partial charge on any atom is 0.134 e. The Hall–Kier alpha value is -1.06. The van der Waals surface area contributed by atoms with Crippen molar-refractivity contribution in [2.75, 3.05) is 26.3 Å². The van der Waals surface area contributed by atoms with Crippen molar-refractivity contribution in [1.29, 1.82) is 0 Å². The van der Waals surface area contributed by atoms with Crippen molar-refractivity contribution in [3.8, 4) is 5.75 Å². The van der Waals surface area contributed by atoms with Crippen LogP contribution in [-0.2, 0) is 4.74 Å². The van der Waals surface area contributed by atoms with Crippen molar-refractivity contribution < 1.29 is 9.47 Å². The summed E-state index contributed by atoms with van der Waals surface area (Å²) in [5, 5.41) is 3.27. The molecule has 1 heterocycles. The maximum atomic E-state index is 5.75. The Morgan fingerprint density at radius 3 is 3.00 bits per heavy atom. The predicted molar refractivity (Wildman–Crippen MR) is 54.5 cm³/mol. The molecule has 0 radical (unpaired) electrons. The molecule has 76 valence electrons. The number of rotatable bonds is 2. The van der Waals surface area contributed by atoms with Crippen LogP contribution in [0.25, 0.3) is 0 Å². The summed E-state index contributed by atoms with van der Waals surface area (Å²) in [6, 6.07) is 9.85. The largest absolute Gasteiger partial charge is 0.487 e. The normalized spacial score (nSPS) is 22.7. The summed E-state index contributed by atoms with van der Waals surface area (Å²) in [6.07, 6.45) is 0.125. The highest BCUT2D eigenvalue weighted by molar-refractivity contribution is 5.21. The van der Waals surface area contributed by atoms with Gasteiger partial charge >= 0.3 is 0 Å². The van der Waals surface area contributed by atoms with Crippen molar-refractivity contribution in [3.05, 3.63) is 30.3 Å². The van der Waals surface area contributed by atoms with Crippen LogP contribution >= 0.6 is 0 Å². The first kappa shape index (κ1) is 9.49. The fourth-order valence-corrected chi connectivity index (χ4v) is 1.45. The number of hydrogen-bond donors (Lipinski definition) is 1. The molecule has 1 aliphatic rings. The zero-order valence-electron chi connectivity index (χ0n) is 8.11. The molecular formula is C11H15NO2. The Bertz CT molecular complexity index is 255. The second-order valence-electron chi connectivity index (χ2n) is 3.33. The Labute approximate surface area is 84.0 Å². The van der Waals surface area contributed by atoms with Gasteiger partial charge in [0.25, 0.3) is 0 Å². The molecule has 1 atom stereocenters. The maximum absolute atomic E-state index is 5.75. The van der Waals surface area contributed by atoms with Crippen LogP contribution in [0, 0.1) is 0 Å². The van der Waals surface area contributed by atoms with E-state index in [1.165, 1.54) is 0 Å². The summed E-state index contributed by atoms with van der Waals surface area (Å²) in [4.78, 5) is 0. The lowest BCUT2D eigenvalue weighted by atomic mass is 10.3. The zero-order valence-corrected chi connectivity index (χ0v) is 8.11. The molecule has 1 saturated heterocycles. The minimum absolute atomic E-state index is 0.125. The molecular weight excluding hydrogens is 178 g/mol. The van der Waals surface area contributed by atoms with E-state index in [9.17, 15) is 0 Å². The van der Waals surface area contributed by atoms with Crippen molar-refractivity contribution in [2.45, 2.75) is 6.10 Å². The monoisotopic (exact) mass is 193 g/mol. The first-order valence-corrected chi connectivity index (χ1v) is 4.95. The second-order valence-corrected chi connectivity index (χ2v) is 3.33. The van der Waals surface area contributed by atoms with Gasteiger partial charge < -0.3 is 14.8 Å². The SMILES string of the molecule is c1ccc(OC2CNCCOC2)cc1. The molecule has 0 aromatic heterocycles. The summed E-state index contributed by atoms with van der Waals surface area (Å²) >= 11 is 0. The van der Waals surface area contributed by atoms with Crippen molar-refractivity contribution >= 4 is 0 Å². The number of benzene rings is 1. The molecule has 0 amide bonds. The molecule has 0 bridgehead atoms. The van der Waals surface area contributed by atoms with Gasteiger partial charge in [0.1, 0.15) is 11.9 Å². The summed E-state index contributed by atoms with van der Waals surface area (Å²) < 4.78 is 11.1. The number of para-hydroxylation sites is 1. The van der Waals surface area contributed by atoms with Crippen LogP contribution in [0.5, 0.6) is 5.75 Å². The second kappa shape index (κ2) is 4.98. The van der Waals surface area contributed by atoms with Crippen LogP contribution in [0.1, 0.15) is 0 Å². The lowest BCUT2D eigenvalue weighted by molar-refractivity contribution is 0.0729. The minimum atomic E-state index is 0.125. The Balaban J connectivity index is 1.90. The Morgan fingerprint density at radius 2 is 2.14 bits per heavy atom. The summed E-state index contributed by atoms with van der Waals surface area (Å²) in [7, 11) is 0. The molecule has 2 rings (SSSR count). The molecule has 14 heavy (non-hydrogen) atoms. The van der Waals surface area contributed by atoms with E-state index in [2.05, 4.69) is 5.32 Å². The molecule has 1 aromatic rings. The third-order valence-electron chi connectivity index (χ3n) is 2.14. The van der Waals surface area contributed by atoms with E-state index in [1.54, 1.807) is 0 Å². The van der Waals surface area contributed by atoms with Gasteiger partial charge in [-0.2, -0.15) is 0 Å². The summed E-state index contributed by atoms with van der Waals surface area (Å²) in [5.74, 6) is 0.907. The van der Waals surface area contributed by atoms with E-state index >= 15 is 0 Å². The molecule has 1 N–H and O–H groups in total. The van der Waals surface area contributed by atoms with E-state index in [1.807, 2.05) is 30.3 Å². The van der Waals surface area contributed by atoms with Crippen molar-refractivity contribution in [2.24, 2.45) is 0 Å². The van der Waals surface area contributed by atoms with E-state index in [0.29, 0.717) is 6.61 Å². The molecule has 0 aliphatic carbocycles. The molecule has 1 aromatic carbocycles. The molecule has 3 heteroatoms. The molecule has 1 fully saturated rings. The highest BCUT2D eigenvalue weighted by atomic mass is 16.5. The standard InChI is InChI=1S/C11H15NO2/c1-2-4-10(5-3-1)14-11-8-12-6-7-13-9-11/h1-5,11-12H,6-9H2. The Morgan fingerprint density at radius 1 is 1.29 bits per heavy atom. The third kappa shape index (κ3) is 2.72. The average Bonchev–Trinajstić information content (AvgIpc) is 2.48. The molecule has 3 nitrogen and oxygen atoms in total. The zero-order chi connectivity index (χ0) is 9.64. The van der Waals surface area contributed by atoms with Crippen LogP contribution < -0.4 is 10.1 Å². The van der Waals surface area contributed by atoms with Crippen molar-refractivity contribution in [1.82, 2.24) is 5.32 Å². The van der Waals surface area contributed by atoms with Crippen molar-refractivity contribution in [3.63, 3.8) is 0 Å². The van der Waals surface area contributed by atoms with Crippen LogP contribution in [-0.4, -0.2) is 32.4 Å². The minimum Gasteiger partial charge on any atom is -0.487 e. The van der Waals surface area contributed by atoms with E-state index in [4.69, 9.17) is 9.47 Å². The van der Waals surface area contributed by atoms with Gasteiger partial charge in [-0.3, -0.25) is 0 Å². The fraction of sp³-hybridized carbons (Fsp3) is 0.455. The number of nitrogens with one attached hydrogen (secondary N) is 1. The van der Waals surface area contributed by atoms with Gasteiger partial charge in [-0.1, -0.05) is 18.2 Å². The molecule has 1 aliphatic heterocycles. The first-order chi connectivity index (χ1) is 6.95. The highest BCUT2D eigenvalue weighted by Crippen LogP contribution is 2.11. The van der Waals surface area contributed by atoms with E-state index in [-0.39, 0.29) is 6.10 Å². The average molecular weight is 193 g/mol. The Kier molecular flexibility index (Phi) is 3.38. The van der Waals surface area contributed by atoms with Gasteiger partial charge in [0.05, 0.1) is 13.2 Å². The smallest absolute Gasteiger partial charge is 0.134 e. The fourth-order valence-electron chi connectivity index (χ4n) is 1.45. The van der Waals surface area contributed by atoms with Gasteiger partial charge in [0.2, 0.25) is 0 Å². The van der Waals surface area contributed by atoms with Gasteiger partial charge in [-0.05, 0) is 12.1 Å². The quantitative estimate of drug-likeness (QED) is 0.761. The predicted octanol–water partition coefficient (Wildman–Crippen LogP) is 1.05. The lowest BCUT2D eigenvalue weighted by Gasteiger charge is -2.16. The van der Waals surface area contributed by atoms with Gasteiger partial charge in [0.15, 0.2) is 0 Å². The molecule has 0 spiro atoms. The summed E-state index contributed by atoms with van der Waals surface area (Å²) in [5.41, 5.74) is 0. The lowest BCUT2D eigenvalue weighted by Crippen LogP contribution is -2.31. The first-order valence-electron chi connectivity index (χ1n) is 4.95. The van der Waals surface area contributed by atoms with Gasteiger partial charge in [0, 0.05) is 13.1 Å². The van der Waals surface area contributed by atoms with E-state index in [0.717, 1.165) is 25.4 Å². The number of hydrogen-bond acceptors (Lipinski definition) is 3. The summed E-state index contributed by atoms with van der Waals surface area (Å²) in [6.45, 7) is 3.21. The molecule has 0 saturated carbocycles. The van der Waals surface area contributed by atoms with Gasteiger partial charge in [-0.25, -0.2) is 0 Å². The third-order valence-corrected chi connectivity index (χ3v) is 2.14. The highest BCUT2D eigenvalue weighted by Gasteiger charge is 2.12. The van der Waals surface area contributed by atoms with Crippen LogP contribution in [0.4, 0.5) is 0 Å². The number of ether oxygens (including phenoxy) is 2. The topological polar surface area (TPSA) is 30.5 Å². The van der Waals surface area contributed by atoms with Gasteiger partial charge in [-0.15, -0.1) is 0 Å². The van der Waals surface area contributed by atoms with Crippen LogP contribution in [0.3, 0.4) is 0 Å². The van der Waals surface area contributed by atoms with E-state index < -0.39 is 0 Å². The molecule has 1 unspecified atom stereocenters. The van der Waals surface area contributed by atoms with Crippen LogP contribution in [0.2, 0.25) is 0 Å².